The SMILES string of the molecule is O=C(NC1CCCC1OCc1ccccc1)OC1=CC2(CCN(S(=O)(=O)c3cccc(C(F)(F)F)c3)CC2)ON1. The van der Waals surface area contributed by atoms with E-state index < -0.39 is 38.4 Å². The van der Waals surface area contributed by atoms with E-state index in [2.05, 4.69) is 10.8 Å². The molecule has 2 fully saturated rings. The summed E-state index contributed by atoms with van der Waals surface area (Å²) in [5.74, 6) is 0.0893. The van der Waals surface area contributed by atoms with Crippen LogP contribution in [0.3, 0.4) is 0 Å². The zero-order chi connectivity index (χ0) is 28.4. The highest BCUT2D eigenvalue weighted by Gasteiger charge is 2.43. The van der Waals surface area contributed by atoms with Crippen molar-refractivity contribution in [2.45, 2.75) is 67.5 Å². The third-order valence-electron chi connectivity index (χ3n) is 7.38. The highest BCUT2D eigenvalue weighted by Crippen LogP contribution is 2.35. The van der Waals surface area contributed by atoms with Crippen LogP contribution < -0.4 is 10.8 Å². The number of sulfonamides is 1. The van der Waals surface area contributed by atoms with Crippen LogP contribution in [0.1, 0.15) is 43.2 Å². The monoisotopic (exact) mass is 581 g/mol. The van der Waals surface area contributed by atoms with Gasteiger partial charge < -0.3 is 14.8 Å². The second-order valence-corrected chi connectivity index (χ2v) is 12.1. The predicted molar refractivity (Wildman–Crippen MR) is 137 cm³/mol. The Morgan fingerprint density at radius 2 is 1.85 bits per heavy atom. The molecule has 1 spiro atoms. The van der Waals surface area contributed by atoms with Crippen molar-refractivity contribution in [2.24, 2.45) is 0 Å². The Morgan fingerprint density at radius 3 is 2.58 bits per heavy atom. The van der Waals surface area contributed by atoms with E-state index in [-0.39, 0.29) is 44.0 Å². The summed E-state index contributed by atoms with van der Waals surface area (Å²) in [4.78, 5) is 17.8. The van der Waals surface area contributed by atoms with Gasteiger partial charge in [-0.05, 0) is 55.9 Å². The van der Waals surface area contributed by atoms with Gasteiger partial charge in [0.15, 0.2) is 0 Å². The molecule has 2 aromatic carbocycles. The van der Waals surface area contributed by atoms with Gasteiger partial charge in [0, 0.05) is 19.2 Å². The van der Waals surface area contributed by atoms with E-state index in [0.29, 0.717) is 12.7 Å². The first-order chi connectivity index (χ1) is 19.0. The number of carbonyl (C=O) groups excluding carboxylic acids is 1. The number of amides is 1. The maximum Gasteiger partial charge on any atom is 0.416 e. The van der Waals surface area contributed by atoms with E-state index in [4.69, 9.17) is 14.3 Å². The van der Waals surface area contributed by atoms with Gasteiger partial charge in [-0.1, -0.05) is 36.4 Å². The Hall–Kier alpha value is -3.13. The average molecular weight is 582 g/mol. The zero-order valence-corrected chi connectivity index (χ0v) is 22.3. The van der Waals surface area contributed by atoms with Gasteiger partial charge in [-0.3, -0.25) is 4.84 Å². The lowest BCUT2D eigenvalue weighted by molar-refractivity contribution is -0.137. The lowest BCUT2D eigenvalue weighted by Crippen LogP contribution is -2.46. The maximum absolute atomic E-state index is 13.1. The Balaban J connectivity index is 1.14. The molecule has 1 amide bonds. The normalized spacial score (nSPS) is 23.0. The van der Waals surface area contributed by atoms with Gasteiger partial charge >= 0.3 is 12.3 Å². The second-order valence-electron chi connectivity index (χ2n) is 10.1. The molecule has 5 rings (SSSR count). The number of ether oxygens (including phenoxy) is 2. The maximum atomic E-state index is 13.1. The fourth-order valence-electron chi connectivity index (χ4n) is 5.18. The summed E-state index contributed by atoms with van der Waals surface area (Å²) in [7, 11) is -4.14. The molecule has 2 unspecified atom stereocenters. The van der Waals surface area contributed by atoms with Crippen molar-refractivity contribution in [1.29, 1.82) is 0 Å². The van der Waals surface area contributed by atoms with Crippen LogP contribution in [-0.2, 0) is 37.1 Å². The molecule has 2 aromatic rings. The number of hydroxylamine groups is 1. The minimum absolute atomic E-state index is 0.0126. The molecular formula is C27H30F3N3O6S. The summed E-state index contributed by atoms with van der Waals surface area (Å²) in [5, 5.41) is 2.85. The quantitative estimate of drug-likeness (QED) is 0.497. The molecule has 40 heavy (non-hydrogen) atoms. The number of nitrogens with zero attached hydrogens (tertiary/aromatic N) is 1. The average Bonchev–Trinajstić information content (AvgIpc) is 3.54. The number of piperidine rings is 1. The number of alkyl carbamates (subject to hydrolysis) is 1. The molecule has 0 radical (unpaired) electrons. The van der Waals surface area contributed by atoms with Crippen LogP contribution in [0.25, 0.3) is 0 Å². The number of halogens is 3. The summed E-state index contributed by atoms with van der Waals surface area (Å²) >= 11 is 0. The molecule has 2 atom stereocenters. The highest BCUT2D eigenvalue weighted by molar-refractivity contribution is 7.89. The van der Waals surface area contributed by atoms with E-state index in [9.17, 15) is 26.4 Å². The van der Waals surface area contributed by atoms with Crippen molar-refractivity contribution >= 4 is 16.1 Å². The largest absolute Gasteiger partial charge is 0.416 e. The lowest BCUT2D eigenvalue weighted by Gasteiger charge is -2.35. The van der Waals surface area contributed by atoms with E-state index >= 15 is 0 Å². The Morgan fingerprint density at radius 1 is 1.10 bits per heavy atom. The summed E-state index contributed by atoms with van der Waals surface area (Å²) in [5.41, 5.74) is 1.70. The summed E-state index contributed by atoms with van der Waals surface area (Å²) in [6.45, 7) is 0.472. The van der Waals surface area contributed by atoms with E-state index in [1.165, 1.54) is 0 Å². The number of hydrogen-bond donors (Lipinski definition) is 2. The molecule has 0 bridgehead atoms. The van der Waals surface area contributed by atoms with Crippen LogP contribution in [0.2, 0.25) is 0 Å². The number of carbonyl (C=O) groups is 1. The highest BCUT2D eigenvalue weighted by atomic mass is 32.2. The molecular weight excluding hydrogens is 551 g/mol. The third kappa shape index (κ3) is 6.43. The molecule has 1 saturated carbocycles. The fourth-order valence-corrected chi connectivity index (χ4v) is 6.67. The molecule has 2 heterocycles. The van der Waals surface area contributed by atoms with Crippen molar-refractivity contribution in [3.05, 3.63) is 77.7 Å². The van der Waals surface area contributed by atoms with Crippen molar-refractivity contribution in [3.63, 3.8) is 0 Å². The molecule has 3 aliphatic rings. The Bertz CT molecular complexity index is 1340. The summed E-state index contributed by atoms with van der Waals surface area (Å²) in [6, 6.07) is 13.3. The van der Waals surface area contributed by atoms with Crippen molar-refractivity contribution < 1.29 is 40.7 Å². The molecule has 0 aromatic heterocycles. The van der Waals surface area contributed by atoms with E-state index in [1.807, 2.05) is 30.3 Å². The van der Waals surface area contributed by atoms with Gasteiger partial charge in [0.05, 0.1) is 29.2 Å². The summed E-state index contributed by atoms with van der Waals surface area (Å²) in [6.07, 6.45) is -0.927. The number of nitrogens with one attached hydrogen (secondary N) is 2. The second kappa shape index (κ2) is 11.4. The first-order valence-corrected chi connectivity index (χ1v) is 14.5. The van der Waals surface area contributed by atoms with Crippen LogP contribution in [0.5, 0.6) is 0 Å². The van der Waals surface area contributed by atoms with Crippen molar-refractivity contribution in [1.82, 2.24) is 15.1 Å². The summed E-state index contributed by atoms with van der Waals surface area (Å²) < 4.78 is 77.8. The smallest absolute Gasteiger partial charge is 0.392 e. The molecule has 13 heteroatoms. The molecule has 2 aliphatic heterocycles. The van der Waals surface area contributed by atoms with E-state index in [1.54, 1.807) is 6.08 Å². The fraction of sp³-hybridized carbons (Fsp3) is 0.444. The Labute approximate surface area is 230 Å². The number of hydrogen-bond acceptors (Lipinski definition) is 7. The van der Waals surface area contributed by atoms with Crippen LogP contribution in [0.4, 0.5) is 18.0 Å². The molecule has 1 saturated heterocycles. The molecule has 2 N–H and O–H groups in total. The van der Waals surface area contributed by atoms with Crippen molar-refractivity contribution in [3.8, 4) is 0 Å². The van der Waals surface area contributed by atoms with Gasteiger partial charge in [-0.2, -0.15) is 17.5 Å². The zero-order valence-electron chi connectivity index (χ0n) is 21.5. The standard InChI is InChI=1S/C27H30F3N3O6S/c28-27(29,30)20-8-4-9-21(16-20)40(35,36)33-14-12-26(13-15-33)17-24(32-39-26)38-25(34)31-22-10-5-11-23(22)37-18-19-6-2-1-3-7-19/h1-4,6-9,16-17,22-23,32H,5,10-15,18H2,(H,31,34). The van der Waals surface area contributed by atoms with Crippen LogP contribution in [0.15, 0.2) is 71.5 Å². The minimum atomic E-state index is -4.65. The van der Waals surface area contributed by atoms with Crippen LogP contribution >= 0.6 is 0 Å². The van der Waals surface area contributed by atoms with Gasteiger partial charge in [0.2, 0.25) is 15.9 Å². The van der Waals surface area contributed by atoms with Crippen molar-refractivity contribution in [2.75, 3.05) is 13.1 Å². The number of benzene rings is 2. The molecule has 1 aliphatic carbocycles. The molecule has 216 valence electrons. The number of alkyl halides is 3. The first-order valence-electron chi connectivity index (χ1n) is 13.0. The van der Waals surface area contributed by atoms with Gasteiger partial charge in [0.25, 0.3) is 0 Å². The van der Waals surface area contributed by atoms with Gasteiger partial charge in [-0.25, -0.2) is 18.7 Å². The topological polar surface area (TPSA) is 106 Å². The number of rotatable bonds is 7. The predicted octanol–water partition coefficient (Wildman–Crippen LogP) is 4.47. The molecule has 9 nitrogen and oxygen atoms in total. The van der Waals surface area contributed by atoms with E-state index in [0.717, 1.165) is 47.3 Å². The minimum Gasteiger partial charge on any atom is -0.392 e. The van der Waals surface area contributed by atoms with Gasteiger partial charge in [-0.15, -0.1) is 0 Å². The van der Waals surface area contributed by atoms with Crippen LogP contribution in [-0.4, -0.2) is 49.7 Å². The first kappa shape index (κ1) is 28.4. The van der Waals surface area contributed by atoms with Crippen LogP contribution in [0, 0.1) is 0 Å². The van der Waals surface area contributed by atoms with Gasteiger partial charge in [0.1, 0.15) is 5.60 Å². The lowest BCUT2D eigenvalue weighted by atomic mass is 9.93. The Kier molecular flexibility index (Phi) is 8.09. The third-order valence-corrected chi connectivity index (χ3v) is 9.28.